The molecule has 30 heavy (non-hydrogen) atoms. The third-order valence-corrected chi connectivity index (χ3v) is 5.82. The number of hydrogen-bond acceptors (Lipinski definition) is 5. The van der Waals surface area contributed by atoms with E-state index < -0.39 is 0 Å². The van der Waals surface area contributed by atoms with Gasteiger partial charge in [-0.25, -0.2) is 0 Å². The zero-order valence-corrected chi connectivity index (χ0v) is 16.6. The standard InChI is InChI=1S/C22H22N4O4/c1-14-7-10-26(16-4-5-18-19(11-16)30-13-29-18)22(28)20(14)21(27)25-9-2-3-15(12-25)17-6-8-23-24-17/h4-8,10-11,15H,2-3,9,12-13H2,1H3,(H,23,24). The first kappa shape index (κ1) is 18.5. The molecule has 1 N–H and O–H groups in total. The molecule has 5 rings (SSSR count). The van der Waals surface area contributed by atoms with Crippen LogP contribution in [0, 0.1) is 6.92 Å². The second-order valence-electron chi connectivity index (χ2n) is 7.69. The van der Waals surface area contributed by atoms with Crippen LogP contribution < -0.4 is 15.0 Å². The summed E-state index contributed by atoms with van der Waals surface area (Å²) < 4.78 is 12.3. The van der Waals surface area contributed by atoms with Gasteiger partial charge in [-0.15, -0.1) is 0 Å². The lowest BCUT2D eigenvalue weighted by Gasteiger charge is -2.32. The Labute approximate surface area is 173 Å². The molecule has 4 heterocycles. The van der Waals surface area contributed by atoms with E-state index in [4.69, 9.17) is 9.47 Å². The Kier molecular flexibility index (Phi) is 4.54. The fourth-order valence-electron chi connectivity index (χ4n) is 4.19. The predicted octanol–water partition coefficient (Wildman–Crippen LogP) is 2.62. The summed E-state index contributed by atoms with van der Waals surface area (Å²) in [7, 11) is 0. The highest BCUT2D eigenvalue weighted by Crippen LogP contribution is 2.33. The Morgan fingerprint density at radius 1 is 1.20 bits per heavy atom. The lowest BCUT2D eigenvalue weighted by atomic mass is 9.94. The van der Waals surface area contributed by atoms with Gasteiger partial charge < -0.3 is 14.4 Å². The minimum atomic E-state index is -0.331. The van der Waals surface area contributed by atoms with Gasteiger partial charge in [-0.1, -0.05) is 0 Å². The van der Waals surface area contributed by atoms with Crippen molar-refractivity contribution >= 4 is 5.91 Å². The molecular weight excluding hydrogens is 384 g/mol. The number of hydrogen-bond donors (Lipinski definition) is 1. The quantitative estimate of drug-likeness (QED) is 0.722. The molecule has 2 aromatic heterocycles. The Bertz CT molecular complexity index is 1150. The average Bonchev–Trinajstić information content (AvgIpc) is 3.45. The van der Waals surface area contributed by atoms with Gasteiger partial charge in [-0.3, -0.25) is 19.3 Å². The third kappa shape index (κ3) is 3.14. The highest BCUT2D eigenvalue weighted by atomic mass is 16.7. The summed E-state index contributed by atoms with van der Waals surface area (Å²) in [4.78, 5) is 28.5. The summed E-state index contributed by atoms with van der Waals surface area (Å²) in [5.74, 6) is 1.21. The first-order valence-corrected chi connectivity index (χ1v) is 10.0. The summed E-state index contributed by atoms with van der Waals surface area (Å²) in [6.45, 7) is 3.17. The molecule has 1 aromatic carbocycles. The molecule has 1 saturated heterocycles. The van der Waals surface area contributed by atoms with E-state index in [1.165, 1.54) is 4.57 Å². The minimum Gasteiger partial charge on any atom is -0.454 e. The zero-order valence-electron chi connectivity index (χ0n) is 16.6. The Hall–Kier alpha value is -3.55. The lowest BCUT2D eigenvalue weighted by Crippen LogP contribution is -2.42. The van der Waals surface area contributed by atoms with Gasteiger partial charge >= 0.3 is 0 Å². The van der Waals surface area contributed by atoms with Crippen molar-refractivity contribution in [1.82, 2.24) is 19.7 Å². The molecule has 8 nitrogen and oxygen atoms in total. The van der Waals surface area contributed by atoms with Crippen LogP contribution in [0.25, 0.3) is 5.69 Å². The van der Waals surface area contributed by atoms with Crippen LogP contribution in [0.4, 0.5) is 0 Å². The molecule has 2 aliphatic heterocycles. The maximum absolute atomic E-state index is 13.4. The fraction of sp³-hybridized carbons (Fsp3) is 0.318. The number of rotatable bonds is 3. The van der Waals surface area contributed by atoms with Crippen molar-refractivity contribution in [3.63, 3.8) is 0 Å². The van der Waals surface area contributed by atoms with Gasteiger partial charge in [0.05, 0.1) is 5.69 Å². The molecule has 0 aliphatic carbocycles. The van der Waals surface area contributed by atoms with E-state index in [9.17, 15) is 9.59 Å². The normalized spacial score (nSPS) is 17.9. The van der Waals surface area contributed by atoms with Crippen LogP contribution in [-0.4, -0.2) is 45.5 Å². The smallest absolute Gasteiger partial charge is 0.268 e. The number of likely N-dealkylation sites (tertiary alicyclic amines) is 1. The van der Waals surface area contributed by atoms with E-state index in [0.29, 0.717) is 35.8 Å². The Morgan fingerprint density at radius 2 is 2.07 bits per heavy atom. The van der Waals surface area contributed by atoms with Gasteiger partial charge in [0.15, 0.2) is 11.5 Å². The number of aromatic amines is 1. The summed E-state index contributed by atoms with van der Waals surface area (Å²) in [6, 6.07) is 9.05. The highest BCUT2D eigenvalue weighted by Gasteiger charge is 2.29. The number of carbonyl (C=O) groups excluding carboxylic acids is 1. The molecule has 1 fully saturated rings. The van der Waals surface area contributed by atoms with Gasteiger partial charge in [0.2, 0.25) is 6.79 Å². The first-order chi connectivity index (χ1) is 14.6. The van der Waals surface area contributed by atoms with Crippen LogP contribution in [0.1, 0.15) is 40.4 Å². The number of aromatic nitrogens is 3. The van der Waals surface area contributed by atoms with E-state index in [2.05, 4.69) is 10.2 Å². The molecule has 0 saturated carbocycles. The number of piperidine rings is 1. The topological polar surface area (TPSA) is 89.4 Å². The molecular formula is C22H22N4O4. The van der Waals surface area contributed by atoms with Crippen molar-refractivity contribution in [2.24, 2.45) is 0 Å². The SMILES string of the molecule is Cc1ccn(-c2ccc3c(c2)OCO3)c(=O)c1C(=O)N1CCCC(c2ccn[nH]2)C1. The van der Waals surface area contributed by atoms with E-state index in [0.717, 1.165) is 18.5 Å². The molecule has 0 spiro atoms. The van der Waals surface area contributed by atoms with Crippen molar-refractivity contribution < 1.29 is 14.3 Å². The summed E-state index contributed by atoms with van der Waals surface area (Å²) in [6.07, 6.45) is 5.29. The molecule has 1 unspecified atom stereocenters. The third-order valence-electron chi connectivity index (χ3n) is 5.82. The number of benzene rings is 1. The van der Waals surface area contributed by atoms with Crippen molar-refractivity contribution in [1.29, 1.82) is 0 Å². The molecule has 8 heteroatoms. The summed E-state index contributed by atoms with van der Waals surface area (Å²) in [5, 5.41) is 7.03. The van der Waals surface area contributed by atoms with Gasteiger partial charge in [-0.2, -0.15) is 5.10 Å². The Morgan fingerprint density at radius 3 is 2.90 bits per heavy atom. The van der Waals surface area contributed by atoms with Crippen molar-refractivity contribution in [2.75, 3.05) is 19.9 Å². The maximum atomic E-state index is 13.4. The number of aryl methyl sites for hydroxylation is 1. The number of ether oxygens (including phenoxy) is 2. The number of nitrogens with one attached hydrogen (secondary N) is 1. The van der Waals surface area contributed by atoms with Crippen molar-refractivity contribution in [3.8, 4) is 17.2 Å². The highest BCUT2D eigenvalue weighted by molar-refractivity contribution is 5.95. The number of H-pyrrole nitrogens is 1. The van der Waals surface area contributed by atoms with Crippen LogP contribution in [0.2, 0.25) is 0 Å². The maximum Gasteiger partial charge on any atom is 0.268 e. The van der Waals surface area contributed by atoms with Crippen LogP contribution >= 0.6 is 0 Å². The van der Waals surface area contributed by atoms with Crippen LogP contribution in [0.5, 0.6) is 11.5 Å². The number of carbonyl (C=O) groups is 1. The summed E-state index contributed by atoms with van der Waals surface area (Å²) >= 11 is 0. The van der Waals surface area contributed by atoms with Gasteiger partial charge in [0.1, 0.15) is 5.56 Å². The number of pyridine rings is 1. The fourth-order valence-corrected chi connectivity index (χ4v) is 4.19. The van der Waals surface area contributed by atoms with Crippen LogP contribution in [-0.2, 0) is 0 Å². The monoisotopic (exact) mass is 406 g/mol. The number of fused-ring (bicyclic) bond motifs is 1. The average molecular weight is 406 g/mol. The van der Waals surface area contributed by atoms with Crippen molar-refractivity contribution in [2.45, 2.75) is 25.7 Å². The molecule has 1 amide bonds. The summed E-state index contributed by atoms with van der Waals surface area (Å²) in [5.41, 5.74) is 2.20. The largest absolute Gasteiger partial charge is 0.454 e. The van der Waals surface area contributed by atoms with E-state index in [-0.39, 0.29) is 29.7 Å². The minimum absolute atomic E-state index is 0.164. The van der Waals surface area contributed by atoms with Crippen LogP contribution in [0.3, 0.4) is 0 Å². The first-order valence-electron chi connectivity index (χ1n) is 10.0. The molecule has 3 aromatic rings. The number of amides is 1. The molecule has 2 aliphatic rings. The second kappa shape index (κ2) is 7.37. The molecule has 1 atom stereocenters. The molecule has 154 valence electrons. The van der Waals surface area contributed by atoms with Crippen LogP contribution in [0.15, 0.2) is 47.5 Å². The van der Waals surface area contributed by atoms with Gasteiger partial charge in [0.25, 0.3) is 11.5 Å². The molecule has 0 radical (unpaired) electrons. The van der Waals surface area contributed by atoms with E-state index in [1.807, 2.05) is 6.07 Å². The Balaban J connectivity index is 1.47. The molecule has 0 bridgehead atoms. The van der Waals surface area contributed by atoms with Gasteiger partial charge in [0, 0.05) is 43.2 Å². The second-order valence-corrected chi connectivity index (χ2v) is 7.69. The van der Waals surface area contributed by atoms with Crippen molar-refractivity contribution in [3.05, 3.63) is 69.9 Å². The zero-order chi connectivity index (χ0) is 20.7. The van der Waals surface area contributed by atoms with Gasteiger partial charge in [-0.05, 0) is 49.6 Å². The lowest BCUT2D eigenvalue weighted by molar-refractivity contribution is 0.0703. The van der Waals surface area contributed by atoms with E-state index >= 15 is 0 Å². The van der Waals surface area contributed by atoms with E-state index in [1.54, 1.807) is 48.5 Å². The number of nitrogens with zero attached hydrogens (tertiary/aromatic N) is 3. The predicted molar refractivity (Wildman–Crippen MR) is 109 cm³/mol.